The molecule has 140 valence electrons. The smallest absolute Gasteiger partial charge is 0.273 e. The number of rotatable bonds is 5. The second-order valence-corrected chi connectivity index (χ2v) is 6.35. The van der Waals surface area contributed by atoms with Gasteiger partial charge in [-0.25, -0.2) is 9.97 Å². The molecule has 10 heteroatoms. The molecule has 10 nitrogen and oxygen atoms in total. The van der Waals surface area contributed by atoms with Crippen molar-refractivity contribution < 1.29 is 4.79 Å². The maximum absolute atomic E-state index is 12.1. The number of carbonyl (C=O) groups is 1. The van der Waals surface area contributed by atoms with E-state index in [1.54, 1.807) is 13.1 Å². The van der Waals surface area contributed by atoms with Gasteiger partial charge in [0.2, 0.25) is 0 Å². The molecule has 0 saturated heterocycles. The number of carbonyl (C=O) groups excluding carboxylic acids is 1. The summed E-state index contributed by atoms with van der Waals surface area (Å²) in [6.45, 7) is 0. The van der Waals surface area contributed by atoms with Crippen LogP contribution < -0.4 is 21.7 Å². The quantitative estimate of drug-likeness (QED) is 0.603. The van der Waals surface area contributed by atoms with Gasteiger partial charge in [0.25, 0.3) is 5.91 Å². The van der Waals surface area contributed by atoms with Gasteiger partial charge in [0.05, 0.1) is 18.1 Å². The first-order valence-electron chi connectivity index (χ1n) is 8.70. The molecule has 27 heavy (non-hydrogen) atoms. The first-order valence-corrected chi connectivity index (χ1v) is 8.70. The molecule has 1 amide bonds. The van der Waals surface area contributed by atoms with Crippen molar-refractivity contribution in [3.8, 4) is 6.07 Å². The zero-order chi connectivity index (χ0) is 19.2. The average molecular weight is 367 g/mol. The maximum Gasteiger partial charge on any atom is 0.273 e. The predicted octanol–water partition coefficient (Wildman–Crippen LogP) is 0.923. The summed E-state index contributed by atoms with van der Waals surface area (Å²) in [4.78, 5) is 20.2. The van der Waals surface area contributed by atoms with Crippen molar-refractivity contribution in [1.82, 2.24) is 25.5 Å². The van der Waals surface area contributed by atoms with E-state index in [9.17, 15) is 4.79 Å². The Kier molecular flexibility index (Phi) is 5.73. The van der Waals surface area contributed by atoms with Gasteiger partial charge >= 0.3 is 0 Å². The van der Waals surface area contributed by atoms with Gasteiger partial charge in [-0.3, -0.25) is 4.79 Å². The number of anilines is 3. The molecular formula is C17H21N9O. The van der Waals surface area contributed by atoms with Crippen LogP contribution in [-0.4, -0.2) is 45.2 Å². The van der Waals surface area contributed by atoms with Gasteiger partial charge in [0.15, 0.2) is 17.2 Å². The first kappa shape index (κ1) is 18.5. The van der Waals surface area contributed by atoms with E-state index < -0.39 is 0 Å². The van der Waals surface area contributed by atoms with Gasteiger partial charge in [0.1, 0.15) is 11.9 Å². The maximum atomic E-state index is 12.1. The highest BCUT2D eigenvalue weighted by molar-refractivity contribution is 5.97. The van der Waals surface area contributed by atoms with Crippen LogP contribution >= 0.6 is 0 Å². The summed E-state index contributed by atoms with van der Waals surface area (Å²) in [5.41, 5.74) is 7.00. The number of hydrogen-bond donors (Lipinski definition) is 4. The van der Waals surface area contributed by atoms with E-state index in [-0.39, 0.29) is 29.4 Å². The molecule has 1 saturated carbocycles. The Morgan fingerprint density at radius 3 is 2.59 bits per heavy atom. The van der Waals surface area contributed by atoms with Gasteiger partial charge in [-0.15, -0.1) is 10.2 Å². The summed E-state index contributed by atoms with van der Waals surface area (Å²) in [6.07, 6.45) is 6.54. The minimum atomic E-state index is -0.317. The van der Waals surface area contributed by atoms with E-state index in [0.717, 1.165) is 25.7 Å². The summed E-state index contributed by atoms with van der Waals surface area (Å²) in [5.74, 6) is 0.518. The van der Waals surface area contributed by atoms with Crippen molar-refractivity contribution in [2.75, 3.05) is 17.7 Å². The molecule has 0 aliphatic heterocycles. The van der Waals surface area contributed by atoms with Crippen LogP contribution in [0.25, 0.3) is 0 Å². The third-order valence-electron chi connectivity index (χ3n) is 4.39. The second-order valence-electron chi connectivity index (χ2n) is 6.35. The number of nitriles is 1. The topological polar surface area (TPSA) is 155 Å². The molecule has 2 aromatic rings. The molecule has 2 aromatic heterocycles. The Balaban J connectivity index is 1.81. The Labute approximate surface area is 156 Å². The average Bonchev–Trinajstić information content (AvgIpc) is 2.70. The van der Waals surface area contributed by atoms with Gasteiger partial charge in [-0.2, -0.15) is 5.26 Å². The molecular weight excluding hydrogens is 346 g/mol. The molecule has 1 aliphatic rings. The lowest BCUT2D eigenvalue weighted by Gasteiger charge is -2.28. The van der Waals surface area contributed by atoms with E-state index in [2.05, 4.69) is 36.1 Å². The molecule has 0 bridgehead atoms. The number of amides is 1. The van der Waals surface area contributed by atoms with Crippen LogP contribution in [0.4, 0.5) is 17.3 Å². The predicted molar refractivity (Wildman–Crippen MR) is 99.3 cm³/mol. The molecule has 1 aliphatic carbocycles. The van der Waals surface area contributed by atoms with Crippen LogP contribution in [-0.2, 0) is 0 Å². The third kappa shape index (κ3) is 4.65. The fourth-order valence-corrected chi connectivity index (χ4v) is 2.91. The summed E-state index contributed by atoms with van der Waals surface area (Å²) < 4.78 is 0. The molecule has 0 spiro atoms. The Hall–Kier alpha value is -3.32. The molecule has 1 fully saturated rings. The van der Waals surface area contributed by atoms with Crippen molar-refractivity contribution in [3.63, 3.8) is 0 Å². The molecule has 0 unspecified atom stereocenters. The number of nitrogens with one attached hydrogen (secondary N) is 3. The number of aromatic nitrogens is 4. The zero-order valence-electron chi connectivity index (χ0n) is 14.9. The van der Waals surface area contributed by atoms with Crippen molar-refractivity contribution in [2.45, 2.75) is 37.8 Å². The molecule has 0 radical (unpaired) electrons. The van der Waals surface area contributed by atoms with Crippen LogP contribution in [0.2, 0.25) is 0 Å². The minimum Gasteiger partial charge on any atom is -0.380 e. The highest BCUT2D eigenvalue weighted by Crippen LogP contribution is 2.25. The largest absolute Gasteiger partial charge is 0.380 e. The summed E-state index contributed by atoms with van der Waals surface area (Å²) in [5, 5.41) is 25.8. The second kappa shape index (κ2) is 8.37. The lowest BCUT2D eigenvalue weighted by atomic mass is 9.91. The van der Waals surface area contributed by atoms with E-state index in [1.807, 2.05) is 6.07 Å². The van der Waals surface area contributed by atoms with E-state index in [4.69, 9.17) is 11.0 Å². The summed E-state index contributed by atoms with van der Waals surface area (Å²) in [6, 6.07) is 4.09. The summed E-state index contributed by atoms with van der Waals surface area (Å²) >= 11 is 0. The molecule has 2 heterocycles. The minimum absolute atomic E-state index is 0.222. The zero-order valence-corrected chi connectivity index (χ0v) is 14.9. The van der Waals surface area contributed by atoms with Gasteiger partial charge < -0.3 is 21.7 Å². The highest BCUT2D eigenvalue weighted by atomic mass is 16.1. The van der Waals surface area contributed by atoms with E-state index >= 15 is 0 Å². The van der Waals surface area contributed by atoms with Gasteiger partial charge in [-0.1, -0.05) is 0 Å². The van der Waals surface area contributed by atoms with Crippen LogP contribution in [0.1, 0.15) is 41.9 Å². The molecule has 0 atom stereocenters. The standard InChI is InChI=1S/C17H21N9O/c1-20-17(27)16-13(23-11-4-2-10(19)3-5-11)6-14(25-26-16)24-15-9-21-12(7-18)8-22-15/h6,8-11H,2-5,19H2,1H3,(H,20,27)(H2,22,23,24,25)/t10-,11-. The van der Waals surface area contributed by atoms with Gasteiger partial charge in [0, 0.05) is 25.2 Å². The van der Waals surface area contributed by atoms with E-state index in [1.165, 1.54) is 12.4 Å². The summed E-state index contributed by atoms with van der Waals surface area (Å²) in [7, 11) is 1.55. The van der Waals surface area contributed by atoms with Crippen LogP contribution in [0.15, 0.2) is 18.5 Å². The number of nitrogens with two attached hydrogens (primary N) is 1. The third-order valence-corrected chi connectivity index (χ3v) is 4.39. The number of hydrogen-bond acceptors (Lipinski definition) is 9. The monoisotopic (exact) mass is 367 g/mol. The lowest BCUT2D eigenvalue weighted by Crippen LogP contribution is -2.33. The SMILES string of the molecule is CNC(=O)c1nnc(Nc2cnc(C#N)cn2)cc1N[C@H]1CC[C@H](N)CC1. The fourth-order valence-electron chi connectivity index (χ4n) is 2.91. The van der Waals surface area contributed by atoms with E-state index in [0.29, 0.717) is 17.3 Å². The van der Waals surface area contributed by atoms with Crippen LogP contribution in [0.5, 0.6) is 0 Å². The van der Waals surface area contributed by atoms with Crippen LogP contribution in [0, 0.1) is 11.3 Å². The molecule has 0 aromatic carbocycles. The Bertz CT molecular complexity index is 838. The Morgan fingerprint density at radius 1 is 1.19 bits per heavy atom. The lowest BCUT2D eigenvalue weighted by molar-refractivity contribution is 0.0958. The Morgan fingerprint density at radius 2 is 1.96 bits per heavy atom. The van der Waals surface area contributed by atoms with Crippen molar-refractivity contribution in [1.29, 1.82) is 5.26 Å². The van der Waals surface area contributed by atoms with Crippen LogP contribution in [0.3, 0.4) is 0 Å². The van der Waals surface area contributed by atoms with Gasteiger partial charge in [-0.05, 0) is 25.7 Å². The molecule has 5 N–H and O–H groups in total. The number of nitrogens with zero attached hydrogens (tertiary/aromatic N) is 5. The molecule has 3 rings (SSSR count). The fraction of sp³-hybridized carbons (Fsp3) is 0.412. The van der Waals surface area contributed by atoms with Crippen molar-refractivity contribution >= 4 is 23.2 Å². The first-order chi connectivity index (χ1) is 13.1. The highest BCUT2D eigenvalue weighted by Gasteiger charge is 2.21. The van der Waals surface area contributed by atoms with Crippen molar-refractivity contribution in [3.05, 3.63) is 29.8 Å². The van der Waals surface area contributed by atoms with Crippen molar-refractivity contribution in [2.24, 2.45) is 5.73 Å². The normalized spacial score (nSPS) is 19.0.